The van der Waals surface area contributed by atoms with Crippen LogP contribution in [0.15, 0.2) is 30.3 Å². The number of hydrogen-bond donors (Lipinski definition) is 2. The van der Waals surface area contributed by atoms with E-state index in [9.17, 15) is 18.0 Å². The van der Waals surface area contributed by atoms with E-state index in [0.29, 0.717) is 34.0 Å². The lowest BCUT2D eigenvalue weighted by Crippen LogP contribution is -2.41. The number of amides is 1. The zero-order valence-electron chi connectivity index (χ0n) is 18.5. The van der Waals surface area contributed by atoms with Crippen LogP contribution < -0.4 is 15.0 Å². The Morgan fingerprint density at radius 1 is 1.30 bits per heavy atom. The summed E-state index contributed by atoms with van der Waals surface area (Å²) in [5.74, 6) is -3.72. The van der Waals surface area contributed by atoms with Crippen LogP contribution in [-0.2, 0) is 10.7 Å². The van der Waals surface area contributed by atoms with E-state index in [1.165, 1.54) is 17.0 Å². The summed E-state index contributed by atoms with van der Waals surface area (Å²) in [7, 11) is 1.64. The number of hydrogen-bond acceptors (Lipinski definition) is 6. The molecular formula is C23H23F3N4O3. The number of aryl methyl sites for hydroxylation is 1. The van der Waals surface area contributed by atoms with E-state index in [0.717, 1.165) is 6.07 Å². The van der Waals surface area contributed by atoms with Gasteiger partial charge in [-0.15, -0.1) is 0 Å². The van der Waals surface area contributed by atoms with Crippen molar-refractivity contribution in [3.8, 4) is 5.75 Å². The average molecular weight is 460 g/mol. The summed E-state index contributed by atoms with van der Waals surface area (Å²) < 4.78 is 48.6. The van der Waals surface area contributed by atoms with Crippen LogP contribution in [0.4, 0.5) is 24.7 Å². The van der Waals surface area contributed by atoms with Gasteiger partial charge in [0.05, 0.1) is 22.8 Å². The maximum Gasteiger partial charge on any atom is 0.298 e. The first-order valence-electron chi connectivity index (χ1n) is 10.3. The SMILES string of the molecule is Cc1nc(N[C@H](C)c2cccc(C(F)(F)CO)c2F)c2cc3c(cc2n1)OC(C)C(=O)N3C. The molecule has 33 heavy (non-hydrogen) atoms. The maximum absolute atomic E-state index is 14.9. The molecule has 1 aliphatic heterocycles. The van der Waals surface area contributed by atoms with Crippen molar-refractivity contribution >= 4 is 28.3 Å². The van der Waals surface area contributed by atoms with Gasteiger partial charge in [0, 0.05) is 24.1 Å². The van der Waals surface area contributed by atoms with Crippen LogP contribution >= 0.6 is 0 Å². The maximum atomic E-state index is 14.9. The van der Waals surface area contributed by atoms with Gasteiger partial charge in [-0.05, 0) is 32.9 Å². The second kappa shape index (κ2) is 8.18. The van der Waals surface area contributed by atoms with Crippen LogP contribution in [0.1, 0.15) is 36.8 Å². The summed E-state index contributed by atoms with van der Waals surface area (Å²) >= 11 is 0. The molecule has 10 heteroatoms. The van der Waals surface area contributed by atoms with Crippen molar-refractivity contribution < 1.29 is 27.8 Å². The van der Waals surface area contributed by atoms with E-state index in [4.69, 9.17) is 9.84 Å². The second-order valence-corrected chi connectivity index (χ2v) is 8.05. The lowest BCUT2D eigenvalue weighted by Gasteiger charge is -2.30. The molecule has 1 aromatic heterocycles. The Hall–Kier alpha value is -3.40. The molecule has 7 nitrogen and oxygen atoms in total. The summed E-state index contributed by atoms with van der Waals surface area (Å²) in [6, 6.07) is 6.32. The summed E-state index contributed by atoms with van der Waals surface area (Å²) in [6.07, 6.45) is -0.632. The number of alkyl halides is 2. The molecule has 1 amide bonds. The lowest BCUT2D eigenvalue weighted by molar-refractivity contribution is -0.125. The molecule has 4 rings (SSSR count). The monoisotopic (exact) mass is 460 g/mol. The van der Waals surface area contributed by atoms with Crippen molar-refractivity contribution in [1.82, 2.24) is 9.97 Å². The largest absolute Gasteiger partial charge is 0.479 e. The number of anilines is 2. The predicted octanol–water partition coefficient (Wildman–Crippen LogP) is 4.08. The Morgan fingerprint density at radius 3 is 2.73 bits per heavy atom. The number of aliphatic hydroxyl groups excluding tert-OH is 1. The zero-order chi connectivity index (χ0) is 24.1. The molecule has 2 N–H and O–H groups in total. The van der Waals surface area contributed by atoms with Gasteiger partial charge in [-0.1, -0.05) is 12.1 Å². The van der Waals surface area contributed by atoms with Crippen molar-refractivity contribution in [1.29, 1.82) is 0 Å². The van der Waals surface area contributed by atoms with E-state index in [2.05, 4.69) is 15.3 Å². The number of nitrogens with zero attached hydrogens (tertiary/aromatic N) is 3. The first-order chi connectivity index (χ1) is 15.5. The number of likely N-dealkylation sites (N-methyl/N-ethyl adjacent to an activating group) is 1. The highest BCUT2D eigenvalue weighted by Gasteiger charge is 2.35. The van der Waals surface area contributed by atoms with Crippen molar-refractivity contribution in [2.75, 3.05) is 23.9 Å². The number of nitrogens with one attached hydrogen (secondary N) is 1. The van der Waals surface area contributed by atoms with Crippen LogP contribution in [0.3, 0.4) is 0 Å². The first kappa shape index (κ1) is 22.8. The number of carbonyl (C=O) groups excluding carboxylic acids is 1. The number of aliphatic hydroxyl groups is 1. The molecule has 0 saturated heterocycles. The Bertz CT molecular complexity index is 1250. The Kier molecular flexibility index (Phi) is 5.65. The Balaban J connectivity index is 1.77. The number of carbonyl (C=O) groups is 1. The molecular weight excluding hydrogens is 437 g/mol. The summed E-state index contributed by atoms with van der Waals surface area (Å²) in [5.41, 5.74) is 0.198. The number of benzene rings is 2. The van der Waals surface area contributed by atoms with Crippen LogP contribution in [-0.4, -0.2) is 40.7 Å². The molecule has 3 aromatic rings. The van der Waals surface area contributed by atoms with Gasteiger partial charge >= 0.3 is 0 Å². The molecule has 1 aliphatic rings. The smallest absolute Gasteiger partial charge is 0.298 e. The molecule has 0 bridgehead atoms. The number of fused-ring (bicyclic) bond motifs is 2. The van der Waals surface area contributed by atoms with Crippen molar-refractivity contribution in [2.24, 2.45) is 0 Å². The molecule has 0 aliphatic carbocycles. The number of aromatic nitrogens is 2. The van der Waals surface area contributed by atoms with Gasteiger partial charge in [-0.25, -0.2) is 14.4 Å². The molecule has 2 heterocycles. The molecule has 2 atom stereocenters. The molecule has 0 saturated carbocycles. The van der Waals surface area contributed by atoms with Crippen LogP contribution in [0.2, 0.25) is 0 Å². The standard InChI is InChI=1S/C23H23F3N4O3/c1-11(14-6-5-7-16(20(14)24)23(25,26)10-31)27-21-15-8-18-19(9-17(15)28-13(3)29-21)33-12(2)22(32)30(18)4/h5-9,11-12,31H,10H2,1-4H3,(H,27,28,29)/t11-,12?/m1/s1. The van der Waals surface area contributed by atoms with Crippen molar-refractivity contribution in [2.45, 2.75) is 38.8 Å². The minimum atomic E-state index is -3.70. The summed E-state index contributed by atoms with van der Waals surface area (Å²) in [6.45, 7) is 3.47. The third-order valence-corrected chi connectivity index (χ3v) is 5.67. The van der Waals surface area contributed by atoms with E-state index in [1.807, 2.05) is 0 Å². The minimum Gasteiger partial charge on any atom is -0.479 e. The van der Waals surface area contributed by atoms with Crippen LogP contribution in [0.25, 0.3) is 10.9 Å². The zero-order valence-corrected chi connectivity index (χ0v) is 18.5. The number of halogens is 3. The average Bonchev–Trinajstić information content (AvgIpc) is 2.76. The number of ether oxygens (including phenoxy) is 1. The molecule has 0 spiro atoms. The van der Waals surface area contributed by atoms with Crippen molar-refractivity contribution in [3.63, 3.8) is 0 Å². The predicted molar refractivity (Wildman–Crippen MR) is 117 cm³/mol. The molecule has 174 valence electrons. The molecule has 2 aromatic carbocycles. The van der Waals surface area contributed by atoms with E-state index in [-0.39, 0.29) is 11.5 Å². The van der Waals surface area contributed by atoms with E-state index >= 15 is 0 Å². The van der Waals surface area contributed by atoms with Gasteiger partial charge in [-0.3, -0.25) is 4.79 Å². The minimum absolute atomic E-state index is 0.00699. The third kappa shape index (κ3) is 3.95. The van der Waals surface area contributed by atoms with E-state index < -0.39 is 36.1 Å². The van der Waals surface area contributed by atoms with Crippen LogP contribution in [0.5, 0.6) is 5.75 Å². The highest BCUT2D eigenvalue weighted by Crippen LogP contribution is 2.39. The quantitative estimate of drug-likeness (QED) is 0.597. The summed E-state index contributed by atoms with van der Waals surface area (Å²) in [4.78, 5) is 22.7. The lowest BCUT2D eigenvalue weighted by atomic mass is 10.00. The van der Waals surface area contributed by atoms with E-state index in [1.54, 1.807) is 40.0 Å². The van der Waals surface area contributed by atoms with Gasteiger partial charge in [0.15, 0.2) is 6.10 Å². The number of rotatable bonds is 5. The fourth-order valence-corrected chi connectivity index (χ4v) is 3.89. The van der Waals surface area contributed by atoms with Gasteiger partial charge in [0.2, 0.25) is 0 Å². The third-order valence-electron chi connectivity index (χ3n) is 5.67. The summed E-state index contributed by atoms with van der Waals surface area (Å²) in [5, 5.41) is 12.6. The Morgan fingerprint density at radius 2 is 2.03 bits per heavy atom. The fraction of sp³-hybridized carbons (Fsp3) is 0.348. The fourth-order valence-electron chi connectivity index (χ4n) is 3.89. The topological polar surface area (TPSA) is 87.6 Å². The Labute approximate surface area is 188 Å². The highest BCUT2D eigenvalue weighted by atomic mass is 19.3. The highest BCUT2D eigenvalue weighted by molar-refractivity contribution is 6.03. The van der Waals surface area contributed by atoms with Crippen LogP contribution in [0, 0.1) is 12.7 Å². The first-order valence-corrected chi connectivity index (χ1v) is 10.3. The van der Waals surface area contributed by atoms with Gasteiger partial charge in [0.1, 0.15) is 29.8 Å². The van der Waals surface area contributed by atoms with Gasteiger partial charge in [-0.2, -0.15) is 8.78 Å². The normalized spacial score (nSPS) is 17.0. The molecule has 1 unspecified atom stereocenters. The van der Waals surface area contributed by atoms with Gasteiger partial charge in [0.25, 0.3) is 11.8 Å². The van der Waals surface area contributed by atoms with Gasteiger partial charge < -0.3 is 20.1 Å². The molecule has 0 fully saturated rings. The second-order valence-electron chi connectivity index (χ2n) is 8.05. The van der Waals surface area contributed by atoms with Crippen molar-refractivity contribution in [3.05, 3.63) is 53.1 Å². The molecule has 0 radical (unpaired) electrons.